The number of anilines is 1. The second-order valence-electron chi connectivity index (χ2n) is 9.83. The smallest absolute Gasteiger partial charge is 0.146 e. The highest BCUT2D eigenvalue weighted by atomic mass is 19.1. The third kappa shape index (κ3) is 3.46. The van der Waals surface area contributed by atoms with E-state index in [2.05, 4.69) is 30.6 Å². The monoisotopic (exact) mass is 390 g/mol. The maximum absolute atomic E-state index is 14.0. The third-order valence-corrected chi connectivity index (χ3v) is 8.24. The van der Waals surface area contributed by atoms with Crippen molar-refractivity contribution in [3.05, 3.63) is 30.1 Å². The van der Waals surface area contributed by atoms with Gasteiger partial charge in [0.05, 0.1) is 24.5 Å². The van der Waals surface area contributed by atoms with Gasteiger partial charge in [0.1, 0.15) is 5.82 Å². The summed E-state index contributed by atoms with van der Waals surface area (Å²) in [6.07, 6.45) is 3.50. The summed E-state index contributed by atoms with van der Waals surface area (Å²) in [5.41, 5.74) is 1.26. The van der Waals surface area contributed by atoms with Gasteiger partial charge in [-0.25, -0.2) is 4.39 Å². The number of rotatable bonds is 6. The van der Waals surface area contributed by atoms with Gasteiger partial charge < -0.3 is 14.7 Å². The van der Waals surface area contributed by atoms with Crippen molar-refractivity contribution in [3.8, 4) is 0 Å². The molecule has 2 saturated carbocycles. The number of ether oxygens (including phenoxy) is 1. The maximum atomic E-state index is 14.0. The standard InChI is InChI=1S/C23H35FN2O2/c1-22(2)17-8-9-23(22,3)21(14-17)28-16-18(27)15-25-10-12-26(13-11-25)20-7-5-4-6-19(20)24/h4-7,17-18,21,27H,8-16H2,1-3H3/t17-,18+,21-,23-/m0/s1. The van der Waals surface area contributed by atoms with Gasteiger partial charge in [0.2, 0.25) is 0 Å². The van der Waals surface area contributed by atoms with Crippen molar-refractivity contribution >= 4 is 5.69 Å². The van der Waals surface area contributed by atoms with Gasteiger partial charge in [0.25, 0.3) is 0 Å². The van der Waals surface area contributed by atoms with Crippen LogP contribution in [0.2, 0.25) is 0 Å². The summed E-state index contributed by atoms with van der Waals surface area (Å²) in [5.74, 6) is 0.595. The Hall–Kier alpha value is -1.17. The summed E-state index contributed by atoms with van der Waals surface area (Å²) >= 11 is 0. The van der Waals surface area contributed by atoms with Gasteiger partial charge in [-0.05, 0) is 48.1 Å². The number of halogens is 1. The topological polar surface area (TPSA) is 35.9 Å². The lowest BCUT2D eigenvalue weighted by Gasteiger charge is -2.39. The minimum atomic E-state index is -0.467. The highest BCUT2D eigenvalue weighted by Crippen LogP contribution is 2.66. The molecule has 1 aromatic rings. The summed E-state index contributed by atoms with van der Waals surface area (Å²) in [4.78, 5) is 4.35. The second kappa shape index (κ2) is 7.58. The average Bonchev–Trinajstić information content (AvgIpc) is 3.01. The van der Waals surface area contributed by atoms with Gasteiger partial charge in [-0.15, -0.1) is 0 Å². The summed E-state index contributed by atoms with van der Waals surface area (Å²) in [6.45, 7) is 11.4. The molecule has 1 saturated heterocycles. The van der Waals surface area contributed by atoms with E-state index in [9.17, 15) is 9.50 Å². The van der Waals surface area contributed by atoms with Crippen LogP contribution in [0.4, 0.5) is 10.1 Å². The van der Waals surface area contributed by atoms with Crippen LogP contribution in [0.5, 0.6) is 0 Å². The number of para-hydroxylation sites is 1. The number of hydrogen-bond acceptors (Lipinski definition) is 4. The average molecular weight is 391 g/mol. The van der Waals surface area contributed by atoms with Crippen molar-refractivity contribution < 1.29 is 14.2 Å². The van der Waals surface area contributed by atoms with E-state index in [1.165, 1.54) is 18.9 Å². The van der Waals surface area contributed by atoms with E-state index in [0.29, 0.717) is 24.3 Å². The Morgan fingerprint density at radius 1 is 1.18 bits per heavy atom. The number of hydrogen-bond donors (Lipinski definition) is 1. The number of benzene rings is 1. The molecule has 1 heterocycles. The van der Waals surface area contributed by atoms with Crippen LogP contribution in [-0.2, 0) is 4.74 Å². The molecule has 1 N–H and O–H groups in total. The molecule has 0 aromatic heterocycles. The van der Waals surface area contributed by atoms with Gasteiger partial charge in [-0.3, -0.25) is 4.90 Å². The lowest BCUT2D eigenvalue weighted by molar-refractivity contribution is -0.0794. The third-order valence-electron chi connectivity index (χ3n) is 8.24. The van der Waals surface area contributed by atoms with E-state index >= 15 is 0 Å². The predicted molar refractivity (Wildman–Crippen MR) is 110 cm³/mol. The zero-order valence-electron chi connectivity index (χ0n) is 17.5. The number of aliphatic hydroxyl groups is 1. The Labute approximate surface area is 168 Å². The highest BCUT2D eigenvalue weighted by molar-refractivity contribution is 5.47. The summed E-state index contributed by atoms with van der Waals surface area (Å²) in [6, 6.07) is 6.96. The largest absolute Gasteiger partial charge is 0.389 e. The molecule has 5 heteroatoms. The SMILES string of the molecule is CC1(C)[C@H]2CC[C@@]1(C)[C@@H](OC[C@H](O)CN1CCN(c3ccccc3F)CC1)C2. The van der Waals surface area contributed by atoms with Crippen molar-refractivity contribution in [1.29, 1.82) is 0 Å². The molecule has 4 nitrogen and oxygen atoms in total. The van der Waals surface area contributed by atoms with Gasteiger partial charge in [-0.1, -0.05) is 32.9 Å². The van der Waals surface area contributed by atoms with E-state index < -0.39 is 6.10 Å². The van der Waals surface area contributed by atoms with E-state index in [1.807, 2.05) is 12.1 Å². The van der Waals surface area contributed by atoms with E-state index in [-0.39, 0.29) is 17.3 Å². The first-order valence-electron chi connectivity index (χ1n) is 10.8. The van der Waals surface area contributed by atoms with Crippen LogP contribution in [0.25, 0.3) is 0 Å². The molecule has 4 atom stereocenters. The molecule has 0 radical (unpaired) electrons. The second-order valence-corrected chi connectivity index (χ2v) is 9.83. The van der Waals surface area contributed by atoms with Crippen LogP contribution >= 0.6 is 0 Å². The van der Waals surface area contributed by atoms with Crippen LogP contribution in [-0.4, -0.2) is 61.5 Å². The summed E-state index contributed by atoms with van der Waals surface area (Å²) in [7, 11) is 0. The van der Waals surface area contributed by atoms with Crippen molar-refractivity contribution in [2.24, 2.45) is 16.7 Å². The van der Waals surface area contributed by atoms with Gasteiger partial charge in [0.15, 0.2) is 0 Å². The first-order chi connectivity index (χ1) is 13.3. The molecular weight excluding hydrogens is 355 g/mol. The summed E-state index contributed by atoms with van der Waals surface area (Å²) in [5, 5.41) is 10.5. The minimum absolute atomic E-state index is 0.160. The molecule has 0 amide bonds. The minimum Gasteiger partial charge on any atom is -0.389 e. The van der Waals surface area contributed by atoms with Crippen molar-refractivity contribution in [3.63, 3.8) is 0 Å². The summed E-state index contributed by atoms with van der Waals surface area (Å²) < 4.78 is 20.2. The molecule has 3 aliphatic rings. The van der Waals surface area contributed by atoms with E-state index in [1.54, 1.807) is 6.07 Å². The Morgan fingerprint density at radius 3 is 2.50 bits per heavy atom. The molecule has 0 spiro atoms. The lowest BCUT2D eigenvalue weighted by Crippen LogP contribution is -2.49. The van der Waals surface area contributed by atoms with Crippen molar-refractivity contribution in [2.75, 3.05) is 44.2 Å². The molecule has 28 heavy (non-hydrogen) atoms. The number of nitrogens with zero attached hydrogens (tertiary/aromatic N) is 2. The molecule has 3 fully saturated rings. The van der Waals surface area contributed by atoms with E-state index in [0.717, 1.165) is 38.5 Å². The first-order valence-corrected chi connectivity index (χ1v) is 10.8. The quantitative estimate of drug-likeness (QED) is 0.806. The maximum Gasteiger partial charge on any atom is 0.146 e. The normalized spacial score (nSPS) is 33.4. The zero-order valence-corrected chi connectivity index (χ0v) is 17.5. The Kier molecular flexibility index (Phi) is 5.45. The Balaban J connectivity index is 1.23. The van der Waals surface area contributed by atoms with Gasteiger partial charge in [-0.2, -0.15) is 0 Å². The van der Waals surface area contributed by atoms with Crippen molar-refractivity contribution in [1.82, 2.24) is 4.90 Å². The molecule has 156 valence electrons. The van der Waals surface area contributed by atoms with Crippen LogP contribution in [0.3, 0.4) is 0 Å². The number of β-amino-alcohol motifs (C(OH)–C–C–N with tert-alkyl or cyclic N) is 1. The van der Waals surface area contributed by atoms with Crippen LogP contribution in [0.15, 0.2) is 24.3 Å². The molecule has 2 aliphatic carbocycles. The van der Waals surface area contributed by atoms with Crippen LogP contribution in [0, 0.1) is 22.6 Å². The highest BCUT2D eigenvalue weighted by Gasteiger charge is 2.61. The van der Waals surface area contributed by atoms with E-state index in [4.69, 9.17) is 4.74 Å². The number of piperazine rings is 1. The Morgan fingerprint density at radius 2 is 1.89 bits per heavy atom. The van der Waals surface area contributed by atoms with Gasteiger partial charge in [0, 0.05) is 32.7 Å². The lowest BCUT2D eigenvalue weighted by atomic mass is 9.70. The first kappa shape index (κ1) is 20.1. The Bertz CT molecular complexity index is 689. The fraction of sp³-hybridized carbons (Fsp3) is 0.739. The molecule has 4 rings (SSSR count). The number of aliphatic hydroxyl groups excluding tert-OH is 1. The van der Waals surface area contributed by atoms with Crippen molar-refractivity contribution in [2.45, 2.75) is 52.2 Å². The zero-order chi connectivity index (χ0) is 19.9. The molecule has 1 aromatic carbocycles. The van der Waals surface area contributed by atoms with Crippen LogP contribution in [0.1, 0.15) is 40.0 Å². The van der Waals surface area contributed by atoms with Gasteiger partial charge >= 0.3 is 0 Å². The number of fused-ring (bicyclic) bond motifs is 2. The molecule has 0 unspecified atom stereocenters. The molecular formula is C23H35FN2O2. The molecule has 2 bridgehead atoms. The fourth-order valence-corrected chi connectivity index (χ4v) is 5.84. The van der Waals surface area contributed by atoms with Crippen LogP contribution < -0.4 is 4.90 Å². The predicted octanol–water partition coefficient (Wildman–Crippen LogP) is 3.54. The fourth-order valence-electron chi connectivity index (χ4n) is 5.84. The molecule has 1 aliphatic heterocycles.